The average molecular weight is 337 g/mol. The number of aromatic nitrogens is 2. The summed E-state index contributed by atoms with van der Waals surface area (Å²) >= 11 is 1.62. The minimum atomic E-state index is -0.0387. The third-order valence-electron chi connectivity index (χ3n) is 4.39. The maximum Gasteiger partial charge on any atom is 0.251 e. The second-order valence-electron chi connectivity index (χ2n) is 6.46. The van der Waals surface area contributed by atoms with E-state index in [1.807, 2.05) is 37.4 Å². The third-order valence-corrected chi connectivity index (χ3v) is 5.33. The molecule has 1 fully saturated rings. The molecule has 1 amide bonds. The zero-order chi connectivity index (χ0) is 16.7. The Kier molecular flexibility index (Phi) is 3.81. The van der Waals surface area contributed by atoms with Gasteiger partial charge in [0.05, 0.1) is 27.0 Å². The van der Waals surface area contributed by atoms with Crippen LogP contribution in [0.25, 0.3) is 10.2 Å². The maximum absolute atomic E-state index is 12.7. The Morgan fingerprint density at radius 1 is 1.25 bits per heavy atom. The summed E-state index contributed by atoms with van der Waals surface area (Å²) in [6, 6.07) is 9.75. The largest absolute Gasteiger partial charge is 0.343 e. The number of carbonyl (C=O) groups is 1. The van der Waals surface area contributed by atoms with E-state index < -0.39 is 0 Å². The zero-order valence-corrected chi connectivity index (χ0v) is 14.6. The van der Waals surface area contributed by atoms with E-state index in [0.717, 1.165) is 33.8 Å². The van der Waals surface area contributed by atoms with Gasteiger partial charge >= 0.3 is 0 Å². The number of fused-ring (bicyclic) bond motifs is 1. The van der Waals surface area contributed by atoms with Crippen molar-refractivity contribution >= 4 is 27.5 Å². The number of carbonyl (C=O) groups excluding carboxylic acids is 1. The first kappa shape index (κ1) is 15.3. The van der Waals surface area contributed by atoms with Gasteiger partial charge in [0, 0.05) is 11.8 Å². The van der Waals surface area contributed by atoms with Gasteiger partial charge in [-0.2, -0.15) is 0 Å². The lowest BCUT2D eigenvalue weighted by molar-refractivity contribution is 0.0931. The molecule has 1 aliphatic carbocycles. The summed E-state index contributed by atoms with van der Waals surface area (Å²) in [7, 11) is 0. The van der Waals surface area contributed by atoms with Gasteiger partial charge in [-0.15, -0.1) is 11.3 Å². The summed E-state index contributed by atoms with van der Waals surface area (Å²) in [6.45, 7) is 4.04. The van der Waals surface area contributed by atoms with E-state index >= 15 is 0 Å². The van der Waals surface area contributed by atoms with Crippen LogP contribution in [0.15, 0.2) is 36.5 Å². The van der Waals surface area contributed by atoms with Gasteiger partial charge in [-0.3, -0.25) is 9.78 Å². The van der Waals surface area contributed by atoms with Crippen molar-refractivity contribution in [2.45, 2.75) is 32.7 Å². The van der Waals surface area contributed by atoms with Gasteiger partial charge in [-0.05, 0) is 68.5 Å². The molecule has 1 aromatic carbocycles. The fourth-order valence-electron chi connectivity index (χ4n) is 3.00. The van der Waals surface area contributed by atoms with Gasteiger partial charge in [0.1, 0.15) is 0 Å². The number of pyridine rings is 1. The monoisotopic (exact) mass is 337 g/mol. The van der Waals surface area contributed by atoms with E-state index in [1.165, 1.54) is 5.56 Å². The van der Waals surface area contributed by atoms with Crippen molar-refractivity contribution in [2.75, 3.05) is 0 Å². The zero-order valence-electron chi connectivity index (χ0n) is 13.7. The van der Waals surface area contributed by atoms with E-state index in [-0.39, 0.29) is 11.9 Å². The van der Waals surface area contributed by atoms with Crippen LogP contribution in [0.5, 0.6) is 0 Å². The minimum Gasteiger partial charge on any atom is -0.343 e. The molecule has 0 spiro atoms. The Bertz CT molecular complexity index is 914. The predicted molar refractivity (Wildman–Crippen MR) is 96.3 cm³/mol. The summed E-state index contributed by atoms with van der Waals surface area (Å²) < 4.78 is 1.05. The lowest BCUT2D eigenvalue weighted by Gasteiger charge is -2.18. The summed E-state index contributed by atoms with van der Waals surface area (Å²) in [5.74, 6) is 0.459. The summed E-state index contributed by atoms with van der Waals surface area (Å²) in [5.41, 5.74) is 3.76. The molecule has 2 aromatic heterocycles. The van der Waals surface area contributed by atoms with E-state index in [9.17, 15) is 4.79 Å². The van der Waals surface area contributed by atoms with Crippen LogP contribution in [0, 0.1) is 19.8 Å². The first-order chi connectivity index (χ1) is 11.6. The van der Waals surface area contributed by atoms with Crippen LogP contribution in [-0.2, 0) is 0 Å². The molecular formula is C19H19N3OS. The van der Waals surface area contributed by atoms with Crippen molar-refractivity contribution in [3.05, 3.63) is 58.4 Å². The second kappa shape index (κ2) is 5.98. The third kappa shape index (κ3) is 3.04. The van der Waals surface area contributed by atoms with Crippen LogP contribution in [0.4, 0.5) is 0 Å². The molecule has 3 aromatic rings. The highest BCUT2D eigenvalue weighted by Gasteiger charge is 2.34. The van der Waals surface area contributed by atoms with Gasteiger partial charge in [-0.25, -0.2) is 4.98 Å². The number of nitrogens with one attached hydrogen (secondary N) is 1. The van der Waals surface area contributed by atoms with E-state index in [2.05, 4.69) is 28.3 Å². The minimum absolute atomic E-state index is 0.00343. The van der Waals surface area contributed by atoms with Crippen molar-refractivity contribution < 1.29 is 4.79 Å². The molecule has 4 nitrogen and oxygen atoms in total. The molecule has 0 unspecified atom stereocenters. The number of hydrogen-bond donors (Lipinski definition) is 1. The molecule has 1 N–H and O–H groups in total. The number of nitrogens with zero attached hydrogens (tertiary/aromatic N) is 2. The Labute approximate surface area is 145 Å². The van der Waals surface area contributed by atoms with Gasteiger partial charge in [0.15, 0.2) is 0 Å². The first-order valence-corrected chi connectivity index (χ1v) is 9.02. The van der Waals surface area contributed by atoms with Crippen molar-refractivity contribution in [1.82, 2.24) is 15.3 Å². The molecule has 0 saturated heterocycles. The number of aryl methyl sites for hydroxylation is 2. The second-order valence-corrected chi connectivity index (χ2v) is 7.70. The lowest BCUT2D eigenvalue weighted by atomic mass is 10.1. The molecule has 1 atom stereocenters. The van der Waals surface area contributed by atoms with Gasteiger partial charge < -0.3 is 5.32 Å². The van der Waals surface area contributed by atoms with Crippen LogP contribution in [0.3, 0.4) is 0 Å². The summed E-state index contributed by atoms with van der Waals surface area (Å²) in [4.78, 5) is 21.7. The Balaban J connectivity index is 1.60. The van der Waals surface area contributed by atoms with Gasteiger partial charge in [0.25, 0.3) is 5.91 Å². The lowest BCUT2D eigenvalue weighted by Crippen LogP contribution is -2.30. The molecular weight excluding hydrogens is 318 g/mol. The van der Waals surface area contributed by atoms with Crippen molar-refractivity contribution in [3.8, 4) is 0 Å². The van der Waals surface area contributed by atoms with Crippen molar-refractivity contribution in [3.63, 3.8) is 0 Å². The molecule has 1 aliphatic rings. The highest BCUT2D eigenvalue weighted by Crippen LogP contribution is 2.40. The average Bonchev–Trinajstić information content (AvgIpc) is 3.32. The Morgan fingerprint density at radius 3 is 2.83 bits per heavy atom. The molecule has 1 saturated carbocycles. The molecule has 0 aliphatic heterocycles. The van der Waals surface area contributed by atoms with Gasteiger partial charge in [-0.1, -0.05) is 0 Å². The fourth-order valence-corrected chi connectivity index (χ4v) is 3.86. The maximum atomic E-state index is 12.7. The van der Waals surface area contributed by atoms with Crippen LogP contribution in [0.1, 0.15) is 45.5 Å². The van der Waals surface area contributed by atoms with Crippen molar-refractivity contribution in [2.24, 2.45) is 5.92 Å². The fraction of sp³-hybridized carbons (Fsp3) is 0.316. The molecule has 122 valence electrons. The Hall–Kier alpha value is -2.27. The van der Waals surface area contributed by atoms with E-state index in [1.54, 1.807) is 11.3 Å². The van der Waals surface area contributed by atoms with E-state index in [4.69, 9.17) is 0 Å². The predicted octanol–water partition coefficient (Wildman–Crippen LogP) is 4.19. The Morgan fingerprint density at radius 2 is 2.08 bits per heavy atom. The van der Waals surface area contributed by atoms with Crippen LogP contribution < -0.4 is 5.32 Å². The van der Waals surface area contributed by atoms with E-state index in [0.29, 0.717) is 11.5 Å². The standard InChI is InChI=1S/C19H19N3OS/c1-11-7-8-20-16(9-11)18(13-3-4-13)22-19(23)14-5-6-15-17(10-14)24-12(2)21-15/h5-10,13,18H,3-4H2,1-2H3,(H,22,23)/t18-/m1/s1. The number of rotatable bonds is 4. The van der Waals surface area contributed by atoms with Crippen molar-refractivity contribution in [1.29, 1.82) is 0 Å². The number of benzene rings is 1. The SMILES string of the molecule is Cc1ccnc([C@H](NC(=O)c2ccc3nc(C)sc3c2)C2CC2)c1. The summed E-state index contributed by atoms with van der Waals surface area (Å²) in [5, 5.41) is 4.21. The molecule has 24 heavy (non-hydrogen) atoms. The molecule has 0 bridgehead atoms. The molecule has 4 rings (SSSR count). The number of hydrogen-bond acceptors (Lipinski definition) is 4. The quantitative estimate of drug-likeness (QED) is 0.776. The smallest absolute Gasteiger partial charge is 0.251 e. The topological polar surface area (TPSA) is 54.9 Å². The highest BCUT2D eigenvalue weighted by atomic mass is 32.1. The molecule has 0 radical (unpaired) electrons. The van der Waals surface area contributed by atoms with Crippen LogP contribution >= 0.6 is 11.3 Å². The first-order valence-electron chi connectivity index (χ1n) is 8.21. The van der Waals surface area contributed by atoms with Crippen LogP contribution in [0.2, 0.25) is 0 Å². The number of thiazole rings is 1. The summed E-state index contributed by atoms with van der Waals surface area (Å²) in [6.07, 6.45) is 4.11. The highest BCUT2D eigenvalue weighted by molar-refractivity contribution is 7.18. The molecule has 5 heteroatoms. The molecule has 2 heterocycles. The van der Waals surface area contributed by atoms with Gasteiger partial charge in [0.2, 0.25) is 0 Å². The van der Waals surface area contributed by atoms with Crippen LogP contribution in [-0.4, -0.2) is 15.9 Å². The number of amides is 1. The normalized spacial score (nSPS) is 15.4.